The molecule has 0 aromatic heterocycles. The first kappa shape index (κ1) is 9.85. The van der Waals surface area contributed by atoms with E-state index in [2.05, 4.69) is 0 Å². The second-order valence-corrected chi connectivity index (χ2v) is 2.81. The summed E-state index contributed by atoms with van der Waals surface area (Å²) in [6.07, 6.45) is -5.01. The van der Waals surface area contributed by atoms with Crippen molar-refractivity contribution in [1.82, 2.24) is 0 Å². The maximum Gasteiger partial charge on any atom is 0.183 e. The van der Waals surface area contributed by atoms with Crippen LogP contribution in [0.1, 0.15) is 0 Å². The highest BCUT2D eigenvalue weighted by Gasteiger charge is 2.41. The van der Waals surface area contributed by atoms with Crippen LogP contribution < -0.4 is 5.73 Å². The Kier molecular flexibility index (Phi) is 2.99. The van der Waals surface area contributed by atoms with Gasteiger partial charge in [-0.1, -0.05) is 0 Å². The summed E-state index contributed by atoms with van der Waals surface area (Å²) >= 11 is 0. The molecule has 1 aliphatic heterocycles. The van der Waals surface area contributed by atoms with Gasteiger partial charge in [-0.25, -0.2) is 0 Å². The zero-order chi connectivity index (χ0) is 9.30. The van der Waals surface area contributed by atoms with Crippen LogP contribution in [0.15, 0.2) is 0 Å². The lowest BCUT2D eigenvalue weighted by Crippen LogP contribution is -2.61. The van der Waals surface area contributed by atoms with Gasteiger partial charge in [0.1, 0.15) is 18.3 Å². The highest BCUT2D eigenvalue weighted by molar-refractivity contribution is 4.90. The summed E-state index contributed by atoms with van der Waals surface area (Å²) in [7, 11) is 0. The standard InChI is InChI=1S/C6H13NO5/c7-3-2(1-8)12-6(11)5(10)4(3)9/h2-6,8-11H,1,7H2/t2-,3+,4-,5+,6?/m0/s1. The Morgan fingerprint density at radius 3 is 2.25 bits per heavy atom. The van der Waals surface area contributed by atoms with Crippen LogP contribution >= 0.6 is 0 Å². The quantitative estimate of drug-likeness (QED) is 0.288. The van der Waals surface area contributed by atoms with E-state index in [1.54, 1.807) is 0 Å². The normalized spacial score (nSPS) is 49.2. The number of aliphatic hydroxyl groups is 4. The van der Waals surface area contributed by atoms with Gasteiger partial charge in [-0.3, -0.25) is 0 Å². The first-order valence-electron chi connectivity index (χ1n) is 3.64. The van der Waals surface area contributed by atoms with Crippen molar-refractivity contribution in [1.29, 1.82) is 0 Å². The molecule has 0 aromatic carbocycles. The molecule has 6 heteroatoms. The van der Waals surface area contributed by atoms with E-state index in [1.165, 1.54) is 0 Å². The van der Waals surface area contributed by atoms with Gasteiger partial charge in [0.25, 0.3) is 0 Å². The molecule has 5 atom stereocenters. The van der Waals surface area contributed by atoms with E-state index < -0.39 is 37.3 Å². The first-order chi connectivity index (χ1) is 5.57. The van der Waals surface area contributed by atoms with E-state index in [0.29, 0.717) is 0 Å². The lowest BCUT2D eigenvalue weighted by atomic mass is 9.98. The van der Waals surface area contributed by atoms with Crippen molar-refractivity contribution >= 4 is 0 Å². The Morgan fingerprint density at radius 1 is 1.17 bits per heavy atom. The number of ether oxygens (including phenoxy) is 1. The van der Waals surface area contributed by atoms with Gasteiger partial charge in [-0.15, -0.1) is 0 Å². The fourth-order valence-electron chi connectivity index (χ4n) is 1.13. The second kappa shape index (κ2) is 3.65. The van der Waals surface area contributed by atoms with Gasteiger partial charge in [0, 0.05) is 0 Å². The molecule has 72 valence electrons. The van der Waals surface area contributed by atoms with Crippen LogP contribution in [-0.2, 0) is 4.74 Å². The molecule has 6 nitrogen and oxygen atoms in total. The lowest BCUT2D eigenvalue weighted by Gasteiger charge is -2.38. The second-order valence-electron chi connectivity index (χ2n) is 2.81. The zero-order valence-electron chi connectivity index (χ0n) is 6.37. The van der Waals surface area contributed by atoms with Crippen molar-refractivity contribution < 1.29 is 25.2 Å². The molecule has 1 fully saturated rings. The van der Waals surface area contributed by atoms with E-state index in [4.69, 9.17) is 25.8 Å². The number of hydrogen-bond acceptors (Lipinski definition) is 6. The fraction of sp³-hybridized carbons (Fsp3) is 1.00. The van der Waals surface area contributed by atoms with Crippen molar-refractivity contribution in [2.24, 2.45) is 5.73 Å². The summed E-state index contributed by atoms with van der Waals surface area (Å²) in [5, 5.41) is 35.9. The molecule has 0 amide bonds. The SMILES string of the molecule is N[C@H]1[C@H](O)[C@@H](O)C(O)O[C@H]1CO. The highest BCUT2D eigenvalue weighted by Crippen LogP contribution is 2.17. The Hall–Kier alpha value is -0.240. The van der Waals surface area contributed by atoms with Crippen LogP contribution in [0.3, 0.4) is 0 Å². The minimum absolute atomic E-state index is 0.401. The Morgan fingerprint density at radius 2 is 1.75 bits per heavy atom. The molecule has 1 unspecified atom stereocenters. The molecule has 0 bridgehead atoms. The van der Waals surface area contributed by atoms with Crippen molar-refractivity contribution in [2.75, 3.05) is 6.61 Å². The molecule has 0 aromatic rings. The van der Waals surface area contributed by atoms with Gasteiger partial charge in [0.15, 0.2) is 6.29 Å². The molecule has 1 saturated heterocycles. The fourth-order valence-corrected chi connectivity index (χ4v) is 1.13. The largest absolute Gasteiger partial charge is 0.394 e. The molecule has 0 spiro atoms. The number of hydrogen-bond donors (Lipinski definition) is 5. The van der Waals surface area contributed by atoms with Crippen LogP contribution in [-0.4, -0.2) is 57.7 Å². The van der Waals surface area contributed by atoms with E-state index in [1.807, 2.05) is 0 Å². The van der Waals surface area contributed by atoms with Crippen LogP contribution in [0.5, 0.6) is 0 Å². The molecule has 12 heavy (non-hydrogen) atoms. The molecule has 0 aliphatic carbocycles. The van der Waals surface area contributed by atoms with E-state index >= 15 is 0 Å². The van der Waals surface area contributed by atoms with Crippen molar-refractivity contribution in [3.8, 4) is 0 Å². The number of rotatable bonds is 1. The van der Waals surface area contributed by atoms with Crippen LogP contribution in [0.2, 0.25) is 0 Å². The van der Waals surface area contributed by atoms with E-state index in [-0.39, 0.29) is 0 Å². The molecular weight excluding hydrogens is 166 g/mol. The van der Waals surface area contributed by atoms with Gasteiger partial charge in [-0.2, -0.15) is 0 Å². The monoisotopic (exact) mass is 179 g/mol. The van der Waals surface area contributed by atoms with Crippen LogP contribution in [0.4, 0.5) is 0 Å². The lowest BCUT2D eigenvalue weighted by molar-refractivity contribution is -0.258. The maximum absolute atomic E-state index is 9.19. The summed E-state index contributed by atoms with van der Waals surface area (Å²) < 4.78 is 4.70. The summed E-state index contributed by atoms with van der Waals surface area (Å²) in [6.45, 7) is -0.401. The van der Waals surface area contributed by atoms with Crippen LogP contribution in [0.25, 0.3) is 0 Å². The molecular formula is C6H13NO5. The van der Waals surface area contributed by atoms with Gasteiger partial charge in [0.05, 0.1) is 12.6 Å². The van der Waals surface area contributed by atoms with E-state index in [0.717, 1.165) is 0 Å². The first-order valence-corrected chi connectivity index (χ1v) is 3.64. The highest BCUT2D eigenvalue weighted by atomic mass is 16.6. The smallest absolute Gasteiger partial charge is 0.183 e. The molecule has 0 radical (unpaired) electrons. The zero-order valence-corrected chi connectivity index (χ0v) is 6.37. The van der Waals surface area contributed by atoms with Crippen LogP contribution in [0, 0.1) is 0 Å². The maximum atomic E-state index is 9.19. The molecule has 1 heterocycles. The predicted molar refractivity (Wildman–Crippen MR) is 38.0 cm³/mol. The van der Waals surface area contributed by atoms with Gasteiger partial charge in [0.2, 0.25) is 0 Å². The third-order valence-electron chi connectivity index (χ3n) is 1.96. The third kappa shape index (κ3) is 1.58. The summed E-state index contributed by atoms with van der Waals surface area (Å²) in [5.41, 5.74) is 5.38. The minimum atomic E-state index is -1.49. The average Bonchev–Trinajstić information content (AvgIpc) is 2.08. The molecule has 1 aliphatic rings. The van der Waals surface area contributed by atoms with E-state index in [9.17, 15) is 5.11 Å². The molecule has 0 saturated carbocycles. The van der Waals surface area contributed by atoms with Gasteiger partial charge in [-0.05, 0) is 0 Å². The Labute approximate surface area is 69.2 Å². The average molecular weight is 179 g/mol. The van der Waals surface area contributed by atoms with Crippen molar-refractivity contribution in [3.05, 3.63) is 0 Å². The molecule has 1 rings (SSSR count). The summed E-state index contributed by atoms with van der Waals surface area (Å²) in [4.78, 5) is 0. The minimum Gasteiger partial charge on any atom is -0.394 e. The number of nitrogens with two attached hydrogens (primary N) is 1. The Bertz CT molecular complexity index is 150. The molecule has 6 N–H and O–H groups in total. The summed E-state index contributed by atoms with van der Waals surface area (Å²) in [5.74, 6) is 0. The summed E-state index contributed by atoms with van der Waals surface area (Å²) in [6, 6.07) is -0.881. The third-order valence-corrected chi connectivity index (χ3v) is 1.96. The predicted octanol–water partition coefficient (Wildman–Crippen LogP) is -3.26. The van der Waals surface area contributed by atoms with Crippen molar-refractivity contribution in [3.63, 3.8) is 0 Å². The van der Waals surface area contributed by atoms with Gasteiger partial charge < -0.3 is 30.9 Å². The van der Waals surface area contributed by atoms with Crippen molar-refractivity contribution in [2.45, 2.75) is 30.6 Å². The topological polar surface area (TPSA) is 116 Å². The number of aliphatic hydroxyl groups excluding tert-OH is 4. The van der Waals surface area contributed by atoms with Gasteiger partial charge >= 0.3 is 0 Å². The Balaban J connectivity index is 2.63.